The van der Waals surface area contributed by atoms with Crippen LogP contribution in [0.25, 0.3) is 0 Å². The molecule has 0 saturated carbocycles. The van der Waals surface area contributed by atoms with E-state index >= 15 is 8.78 Å². The average molecular weight is 622 g/mol. The van der Waals surface area contributed by atoms with E-state index < -0.39 is 48.8 Å². The van der Waals surface area contributed by atoms with Crippen molar-refractivity contribution in [2.45, 2.75) is 44.3 Å². The number of halogens is 4. The normalized spacial score (nSPS) is 12.1. The Balaban J connectivity index is 1.97. The molecule has 1 heterocycles. The Morgan fingerprint density at radius 2 is 1.89 bits per heavy atom. The Kier molecular flexibility index (Phi) is 8.57. The highest BCUT2D eigenvalue weighted by Crippen LogP contribution is 2.36. The molecule has 14 heteroatoms. The number of nitrogens with one attached hydrogen (secondary N) is 1. The van der Waals surface area contributed by atoms with Gasteiger partial charge in [0.2, 0.25) is 0 Å². The molecule has 0 bridgehead atoms. The molecule has 1 amide bonds. The number of sulfonamides is 1. The van der Waals surface area contributed by atoms with E-state index in [1.54, 1.807) is 12.1 Å². The SMILES string of the molecule is CN(Cc1cccc(F)c1CNc1cc(F)c(S(=O)(=O)N(C(=O)O)c2cscn2)c(F)c1Br)C(C)(C)C. The fourth-order valence-electron chi connectivity index (χ4n) is 3.29. The second-order valence-corrected chi connectivity index (χ2v) is 12.3. The Bertz CT molecular complexity index is 1410. The highest BCUT2D eigenvalue weighted by Gasteiger charge is 2.38. The second-order valence-electron chi connectivity index (χ2n) is 9.02. The third kappa shape index (κ3) is 6.08. The Labute approximate surface area is 224 Å². The predicted molar refractivity (Wildman–Crippen MR) is 139 cm³/mol. The summed E-state index contributed by atoms with van der Waals surface area (Å²) in [6.07, 6.45) is -1.99. The molecule has 3 aromatic rings. The number of anilines is 2. The van der Waals surface area contributed by atoms with Crippen molar-refractivity contribution in [1.29, 1.82) is 0 Å². The average Bonchev–Trinajstić information content (AvgIpc) is 3.29. The van der Waals surface area contributed by atoms with Crippen LogP contribution in [0, 0.1) is 17.5 Å². The van der Waals surface area contributed by atoms with E-state index in [9.17, 15) is 22.7 Å². The molecule has 37 heavy (non-hydrogen) atoms. The first kappa shape index (κ1) is 28.9. The summed E-state index contributed by atoms with van der Waals surface area (Å²) in [6, 6.07) is 5.27. The Hall–Kier alpha value is -2.68. The second kappa shape index (κ2) is 11.0. The molecule has 0 fully saturated rings. The topological polar surface area (TPSA) is 103 Å². The number of hydrogen-bond acceptors (Lipinski definition) is 7. The van der Waals surface area contributed by atoms with Crippen molar-refractivity contribution >= 4 is 54.9 Å². The molecule has 3 rings (SSSR count). The van der Waals surface area contributed by atoms with Crippen molar-refractivity contribution in [2.24, 2.45) is 0 Å². The number of nitrogens with zero attached hydrogens (tertiary/aromatic N) is 3. The van der Waals surface area contributed by atoms with Crippen molar-refractivity contribution < 1.29 is 31.5 Å². The summed E-state index contributed by atoms with van der Waals surface area (Å²) in [6.45, 7) is 6.25. The molecular formula is C23H24BrF3N4O4S2. The highest BCUT2D eigenvalue weighted by molar-refractivity contribution is 9.10. The van der Waals surface area contributed by atoms with Gasteiger partial charge in [0.15, 0.2) is 16.5 Å². The highest BCUT2D eigenvalue weighted by atomic mass is 79.9. The minimum absolute atomic E-state index is 0.163. The van der Waals surface area contributed by atoms with Gasteiger partial charge in [-0.3, -0.25) is 4.90 Å². The first-order valence-electron chi connectivity index (χ1n) is 10.7. The zero-order valence-electron chi connectivity index (χ0n) is 20.2. The van der Waals surface area contributed by atoms with Gasteiger partial charge in [-0.05, 0) is 61.4 Å². The van der Waals surface area contributed by atoms with Crippen molar-refractivity contribution in [1.82, 2.24) is 9.88 Å². The van der Waals surface area contributed by atoms with Crippen LogP contribution in [0.5, 0.6) is 0 Å². The van der Waals surface area contributed by atoms with Gasteiger partial charge in [0.1, 0.15) is 11.6 Å². The van der Waals surface area contributed by atoms with Gasteiger partial charge in [0.25, 0.3) is 10.0 Å². The third-order valence-electron chi connectivity index (χ3n) is 5.64. The van der Waals surface area contributed by atoms with Crippen LogP contribution in [-0.2, 0) is 23.1 Å². The van der Waals surface area contributed by atoms with E-state index in [0.717, 1.165) is 16.7 Å². The van der Waals surface area contributed by atoms with Crippen molar-refractivity contribution in [2.75, 3.05) is 16.7 Å². The van der Waals surface area contributed by atoms with E-state index in [1.807, 2.05) is 32.7 Å². The van der Waals surface area contributed by atoms with Gasteiger partial charge in [-0.2, -0.15) is 0 Å². The van der Waals surface area contributed by atoms with Gasteiger partial charge in [-0.15, -0.1) is 15.6 Å². The quantitative estimate of drug-likeness (QED) is 0.296. The van der Waals surface area contributed by atoms with Crippen molar-refractivity contribution in [3.05, 3.63) is 68.2 Å². The molecule has 0 aliphatic heterocycles. The van der Waals surface area contributed by atoms with E-state index in [4.69, 9.17) is 0 Å². The van der Waals surface area contributed by atoms with Crippen LogP contribution in [0.1, 0.15) is 31.9 Å². The molecule has 0 saturated heterocycles. The number of benzene rings is 2. The van der Waals surface area contributed by atoms with E-state index in [0.29, 0.717) is 18.2 Å². The van der Waals surface area contributed by atoms with E-state index in [2.05, 4.69) is 26.2 Å². The molecule has 2 aromatic carbocycles. The maximum absolute atomic E-state index is 15.2. The molecule has 0 atom stereocenters. The lowest BCUT2D eigenvalue weighted by Gasteiger charge is -2.32. The largest absolute Gasteiger partial charge is 0.464 e. The molecule has 0 unspecified atom stereocenters. The first-order chi connectivity index (χ1) is 17.2. The van der Waals surface area contributed by atoms with E-state index in [-0.39, 0.29) is 27.6 Å². The van der Waals surface area contributed by atoms with Crippen LogP contribution < -0.4 is 9.62 Å². The number of thiazole rings is 1. The molecular weight excluding hydrogens is 597 g/mol. The fraction of sp³-hybridized carbons (Fsp3) is 0.304. The summed E-state index contributed by atoms with van der Waals surface area (Å²) in [5.41, 5.74) is 1.70. The number of carbonyl (C=O) groups is 1. The maximum atomic E-state index is 15.2. The smallest absolute Gasteiger partial charge is 0.427 e. The molecule has 1 aromatic heterocycles. The van der Waals surface area contributed by atoms with Gasteiger partial charge >= 0.3 is 6.09 Å². The summed E-state index contributed by atoms with van der Waals surface area (Å²) in [5, 5.41) is 13.3. The minimum atomic E-state index is -5.23. The minimum Gasteiger partial charge on any atom is -0.464 e. The van der Waals surface area contributed by atoms with Gasteiger partial charge < -0.3 is 10.4 Å². The Morgan fingerprint density at radius 1 is 1.22 bits per heavy atom. The zero-order valence-corrected chi connectivity index (χ0v) is 23.4. The predicted octanol–water partition coefficient (Wildman–Crippen LogP) is 6.04. The summed E-state index contributed by atoms with van der Waals surface area (Å²) in [4.78, 5) is 15.8. The third-order valence-corrected chi connectivity index (χ3v) is 8.70. The van der Waals surface area contributed by atoms with Gasteiger partial charge in [-0.25, -0.2) is 31.4 Å². The Morgan fingerprint density at radius 3 is 2.46 bits per heavy atom. The number of carboxylic acid groups (broad SMARTS) is 1. The molecule has 0 aliphatic rings. The summed E-state index contributed by atoms with van der Waals surface area (Å²) >= 11 is 3.82. The molecule has 200 valence electrons. The molecule has 0 aliphatic carbocycles. The number of amides is 1. The van der Waals surface area contributed by atoms with Gasteiger partial charge in [0.05, 0.1) is 15.7 Å². The molecule has 0 radical (unpaired) electrons. The lowest BCUT2D eigenvalue weighted by Crippen LogP contribution is -2.37. The molecule has 2 N–H and O–H groups in total. The molecule has 8 nitrogen and oxygen atoms in total. The summed E-state index contributed by atoms with van der Waals surface area (Å²) in [5.74, 6) is -4.14. The summed E-state index contributed by atoms with van der Waals surface area (Å²) < 4.78 is 70.3. The lowest BCUT2D eigenvalue weighted by molar-refractivity contribution is 0.167. The van der Waals surface area contributed by atoms with Gasteiger partial charge in [0, 0.05) is 29.6 Å². The van der Waals surface area contributed by atoms with Crippen molar-refractivity contribution in [3.8, 4) is 0 Å². The first-order valence-corrected chi connectivity index (χ1v) is 13.9. The van der Waals surface area contributed by atoms with Crippen LogP contribution in [0.4, 0.5) is 29.5 Å². The van der Waals surface area contributed by atoms with Crippen LogP contribution in [0.15, 0.2) is 44.5 Å². The van der Waals surface area contributed by atoms with Crippen molar-refractivity contribution in [3.63, 3.8) is 0 Å². The van der Waals surface area contributed by atoms with Crippen LogP contribution in [0.2, 0.25) is 0 Å². The van der Waals surface area contributed by atoms with Crippen LogP contribution >= 0.6 is 27.3 Å². The number of hydrogen-bond donors (Lipinski definition) is 2. The zero-order chi connectivity index (χ0) is 27.7. The fourth-order valence-corrected chi connectivity index (χ4v) is 5.83. The standard InChI is InChI=1S/C23H24BrF3N4O4S2/c1-23(2,3)30(4)10-13-6-5-7-15(25)14(13)9-28-17-8-16(26)21(20(27)19(17)24)37(34,35)31(22(32)33)18-11-36-12-29-18/h5-8,11-12,28H,9-10H2,1-4H3,(H,32,33). The van der Waals surface area contributed by atoms with Crippen LogP contribution in [0.3, 0.4) is 0 Å². The molecule has 0 spiro atoms. The lowest BCUT2D eigenvalue weighted by atomic mass is 10.0. The number of aromatic nitrogens is 1. The summed E-state index contributed by atoms with van der Waals surface area (Å²) in [7, 11) is -3.34. The maximum Gasteiger partial charge on any atom is 0.427 e. The van der Waals surface area contributed by atoms with Gasteiger partial charge in [-0.1, -0.05) is 12.1 Å². The van der Waals surface area contributed by atoms with Crippen LogP contribution in [-0.4, -0.2) is 42.1 Å². The monoisotopic (exact) mass is 620 g/mol. The van der Waals surface area contributed by atoms with E-state index in [1.165, 1.54) is 11.6 Å². The number of rotatable bonds is 8.